The Labute approximate surface area is 111 Å². The Morgan fingerprint density at radius 2 is 1.89 bits per heavy atom. The molecule has 2 heteroatoms. The van der Waals surface area contributed by atoms with Crippen molar-refractivity contribution < 1.29 is 4.74 Å². The van der Waals surface area contributed by atoms with Crippen LogP contribution < -0.4 is 5.32 Å². The molecule has 2 rings (SSSR count). The van der Waals surface area contributed by atoms with E-state index in [1.54, 1.807) is 0 Å². The highest BCUT2D eigenvalue weighted by Crippen LogP contribution is 2.28. The second-order valence-electron chi connectivity index (χ2n) is 6.28. The lowest BCUT2D eigenvalue weighted by Gasteiger charge is -2.39. The van der Waals surface area contributed by atoms with Gasteiger partial charge in [0.05, 0.1) is 13.2 Å². The lowest BCUT2D eigenvalue weighted by atomic mass is 9.87. The molecule has 2 nitrogen and oxygen atoms in total. The maximum Gasteiger partial charge on any atom is 0.0554 e. The smallest absolute Gasteiger partial charge is 0.0554 e. The maximum atomic E-state index is 5.32. The fourth-order valence-corrected chi connectivity index (χ4v) is 2.42. The third-order valence-electron chi connectivity index (χ3n) is 3.59. The first-order valence-corrected chi connectivity index (χ1v) is 6.95. The molecule has 1 fully saturated rings. The zero-order valence-electron chi connectivity index (χ0n) is 11.8. The van der Waals surface area contributed by atoms with Crippen LogP contribution in [0.2, 0.25) is 0 Å². The summed E-state index contributed by atoms with van der Waals surface area (Å²) in [4.78, 5) is 0. The fourth-order valence-electron chi connectivity index (χ4n) is 2.42. The highest BCUT2D eigenvalue weighted by Gasteiger charge is 2.33. The summed E-state index contributed by atoms with van der Waals surface area (Å²) in [7, 11) is 0. The van der Waals surface area contributed by atoms with Crippen LogP contribution in [-0.2, 0) is 4.74 Å². The molecule has 18 heavy (non-hydrogen) atoms. The average molecular weight is 247 g/mol. The molecule has 0 amide bonds. The molecule has 0 radical (unpaired) electrons. The number of nitrogens with one attached hydrogen (secondary N) is 1. The van der Waals surface area contributed by atoms with Gasteiger partial charge in [0.2, 0.25) is 0 Å². The minimum atomic E-state index is 0.337. The van der Waals surface area contributed by atoms with E-state index in [-0.39, 0.29) is 0 Å². The molecule has 1 saturated heterocycles. The van der Waals surface area contributed by atoms with Crippen molar-refractivity contribution >= 4 is 0 Å². The van der Waals surface area contributed by atoms with Crippen LogP contribution in [0.4, 0.5) is 0 Å². The summed E-state index contributed by atoms with van der Waals surface area (Å²) in [6.45, 7) is 9.68. The van der Waals surface area contributed by atoms with Gasteiger partial charge in [-0.25, -0.2) is 0 Å². The number of hydrogen-bond donors (Lipinski definition) is 1. The number of hydrogen-bond acceptors (Lipinski definition) is 2. The van der Waals surface area contributed by atoms with Crippen molar-refractivity contribution in [3.05, 3.63) is 35.9 Å². The van der Waals surface area contributed by atoms with E-state index >= 15 is 0 Å². The molecule has 1 unspecified atom stereocenters. The second kappa shape index (κ2) is 5.85. The molecule has 1 aromatic carbocycles. The Hall–Kier alpha value is -0.860. The Balaban J connectivity index is 1.96. The Bertz CT molecular complexity index is 357. The molecule has 1 aliphatic rings. The lowest BCUT2D eigenvalue weighted by molar-refractivity contribution is -0.100. The van der Waals surface area contributed by atoms with Crippen molar-refractivity contribution in [2.24, 2.45) is 11.3 Å². The Morgan fingerprint density at radius 3 is 2.39 bits per heavy atom. The summed E-state index contributed by atoms with van der Waals surface area (Å²) >= 11 is 0. The fraction of sp³-hybridized carbons (Fsp3) is 0.625. The van der Waals surface area contributed by atoms with Gasteiger partial charge in [-0.1, -0.05) is 51.1 Å². The number of rotatable bonds is 6. The van der Waals surface area contributed by atoms with Gasteiger partial charge in [-0.2, -0.15) is 0 Å². The van der Waals surface area contributed by atoms with E-state index in [4.69, 9.17) is 4.74 Å². The first kappa shape index (κ1) is 13.6. The van der Waals surface area contributed by atoms with Gasteiger partial charge in [0, 0.05) is 18.0 Å². The van der Waals surface area contributed by atoms with Crippen molar-refractivity contribution in [2.75, 3.05) is 19.8 Å². The topological polar surface area (TPSA) is 21.3 Å². The highest BCUT2D eigenvalue weighted by atomic mass is 16.5. The normalized spacial score (nSPS) is 19.6. The van der Waals surface area contributed by atoms with Crippen molar-refractivity contribution in [1.82, 2.24) is 5.32 Å². The van der Waals surface area contributed by atoms with Gasteiger partial charge in [-0.15, -0.1) is 0 Å². The minimum Gasteiger partial charge on any atom is -0.380 e. The number of benzene rings is 1. The average Bonchev–Trinajstić information content (AvgIpc) is 2.33. The van der Waals surface area contributed by atoms with Gasteiger partial charge in [0.1, 0.15) is 0 Å². The Morgan fingerprint density at radius 1 is 1.22 bits per heavy atom. The van der Waals surface area contributed by atoms with Crippen LogP contribution in [0.3, 0.4) is 0 Å². The highest BCUT2D eigenvalue weighted by molar-refractivity contribution is 5.19. The molecular formula is C16H25NO. The third-order valence-corrected chi connectivity index (χ3v) is 3.59. The van der Waals surface area contributed by atoms with Gasteiger partial charge < -0.3 is 10.1 Å². The van der Waals surface area contributed by atoms with Crippen LogP contribution in [0.5, 0.6) is 0 Å². The van der Waals surface area contributed by atoms with Gasteiger partial charge >= 0.3 is 0 Å². The van der Waals surface area contributed by atoms with Crippen molar-refractivity contribution in [3.63, 3.8) is 0 Å². The summed E-state index contributed by atoms with van der Waals surface area (Å²) in [5, 5.41) is 3.73. The van der Waals surface area contributed by atoms with Gasteiger partial charge in [-0.3, -0.25) is 0 Å². The van der Waals surface area contributed by atoms with Gasteiger partial charge in [0.15, 0.2) is 0 Å². The summed E-state index contributed by atoms with van der Waals surface area (Å²) in [5.74, 6) is 0.702. The molecule has 0 spiro atoms. The van der Waals surface area contributed by atoms with Crippen LogP contribution in [0, 0.1) is 11.3 Å². The quantitative estimate of drug-likeness (QED) is 0.832. The molecule has 0 aliphatic carbocycles. The largest absolute Gasteiger partial charge is 0.380 e. The van der Waals surface area contributed by atoms with Crippen LogP contribution >= 0.6 is 0 Å². The molecule has 100 valence electrons. The maximum absolute atomic E-state index is 5.32. The summed E-state index contributed by atoms with van der Waals surface area (Å²) in [6, 6.07) is 11.2. The van der Waals surface area contributed by atoms with Crippen LogP contribution in [-0.4, -0.2) is 19.8 Å². The van der Waals surface area contributed by atoms with E-state index < -0.39 is 0 Å². The molecular weight excluding hydrogens is 222 g/mol. The number of ether oxygens (including phenoxy) is 1. The zero-order chi connectivity index (χ0) is 13.0. The van der Waals surface area contributed by atoms with Crippen molar-refractivity contribution in [1.29, 1.82) is 0 Å². The van der Waals surface area contributed by atoms with Gasteiger partial charge in [0.25, 0.3) is 0 Å². The zero-order valence-corrected chi connectivity index (χ0v) is 11.8. The molecule has 0 saturated carbocycles. The van der Waals surface area contributed by atoms with E-state index in [1.165, 1.54) is 12.0 Å². The molecule has 0 bridgehead atoms. The van der Waals surface area contributed by atoms with Crippen molar-refractivity contribution in [2.45, 2.75) is 33.2 Å². The summed E-state index contributed by atoms with van der Waals surface area (Å²) in [6.07, 6.45) is 1.18. The standard InChI is InChI=1S/C16H25NO/c1-13(2)9-15(14-7-5-4-6-8-14)17-10-16(3)11-18-12-16/h4-8,13,15,17H,9-12H2,1-3H3. The molecule has 1 heterocycles. The van der Waals surface area contributed by atoms with Crippen LogP contribution in [0.1, 0.15) is 38.8 Å². The Kier molecular flexibility index (Phi) is 4.41. The molecule has 1 N–H and O–H groups in total. The van der Waals surface area contributed by atoms with E-state index in [1.807, 2.05) is 0 Å². The summed E-state index contributed by atoms with van der Waals surface area (Å²) < 4.78 is 5.32. The first-order valence-electron chi connectivity index (χ1n) is 6.95. The van der Waals surface area contributed by atoms with Gasteiger partial charge in [-0.05, 0) is 17.9 Å². The molecule has 1 aliphatic heterocycles. The lowest BCUT2D eigenvalue weighted by Crippen LogP contribution is -2.48. The SMILES string of the molecule is CC(C)CC(NCC1(C)COC1)c1ccccc1. The van der Waals surface area contributed by atoms with Crippen LogP contribution in [0.15, 0.2) is 30.3 Å². The summed E-state index contributed by atoms with van der Waals surface area (Å²) in [5.41, 5.74) is 1.74. The third kappa shape index (κ3) is 3.56. The van der Waals surface area contributed by atoms with E-state index in [9.17, 15) is 0 Å². The van der Waals surface area contributed by atoms with Crippen LogP contribution in [0.25, 0.3) is 0 Å². The predicted molar refractivity (Wildman–Crippen MR) is 75.6 cm³/mol. The predicted octanol–water partition coefficient (Wildman–Crippen LogP) is 3.40. The van der Waals surface area contributed by atoms with E-state index in [0.29, 0.717) is 17.4 Å². The van der Waals surface area contributed by atoms with E-state index in [0.717, 1.165) is 19.8 Å². The second-order valence-corrected chi connectivity index (χ2v) is 6.28. The van der Waals surface area contributed by atoms with E-state index in [2.05, 4.69) is 56.4 Å². The molecule has 1 atom stereocenters. The monoisotopic (exact) mass is 247 g/mol. The first-order chi connectivity index (χ1) is 8.59. The molecule has 0 aromatic heterocycles. The molecule has 1 aromatic rings. The van der Waals surface area contributed by atoms with Crippen molar-refractivity contribution in [3.8, 4) is 0 Å². The minimum absolute atomic E-state index is 0.337.